The van der Waals surface area contributed by atoms with Crippen LogP contribution in [0.5, 0.6) is 0 Å². The summed E-state index contributed by atoms with van der Waals surface area (Å²) in [6.07, 6.45) is 2.50. The van der Waals surface area contributed by atoms with E-state index >= 15 is 0 Å². The van der Waals surface area contributed by atoms with E-state index in [0.29, 0.717) is 6.54 Å². The fourth-order valence-corrected chi connectivity index (χ4v) is 1.81. The van der Waals surface area contributed by atoms with Crippen LogP contribution in [0, 0.1) is 6.92 Å². The first kappa shape index (κ1) is 17.5. The van der Waals surface area contributed by atoms with Gasteiger partial charge in [0.25, 0.3) is 0 Å². The quantitative estimate of drug-likeness (QED) is 0.817. The SMILES string of the molecule is Cc1c(CNCCCN(C)C(=O)OC(C)(C)C)cnn1C. The highest BCUT2D eigenvalue weighted by molar-refractivity contribution is 5.67. The Morgan fingerprint density at radius 3 is 2.67 bits per heavy atom. The van der Waals surface area contributed by atoms with E-state index < -0.39 is 5.60 Å². The molecule has 0 saturated carbocycles. The first-order valence-corrected chi connectivity index (χ1v) is 7.33. The van der Waals surface area contributed by atoms with Crippen LogP contribution in [-0.4, -0.2) is 46.5 Å². The van der Waals surface area contributed by atoms with Gasteiger partial charge < -0.3 is 15.0 Å². The molecule has 1 amide bonds. The van der Waals surface area contributed by atoms with E-state index in [1.54, 1.807) is 11.9 Å². The lowest BCUT2D eigenvalue weighted by Gasteiger charge is -2.24. The van der Waals surface area contributed by atoms with Gasteiger partial charge in [0.2, 0.25) is 0 Å². The number of ether oxygens (including phenoxy) is 1. The number of hydrogen-bond donors (Lipinski definition) is 1. The van der Waals surface area contributed by atoms with E-state index in [1.165, 1.54) is 11.3 Å². The minimum absolute atomic E-state index is 0.273. The number of nitrogens with zero attached hydrogens (tertiary/aromatic N) is 3. The maximum Gasteiger partial charge on any atom is 0.410 e. The minimum atomic E-state index is -0.443. The van der Waals surface area contributed by atoms with Gasteiger partial charge in [0, 0.05) is 38.4 Å². The number of nitrogens with one attached hydrogen (secondary N) is 1. The molecule has 0 unspecified atom stereocenters. The molecule has 0 aliphatic rings. The van der Waals surface area contributed by atoms with Gasteiger partial charge in [-0.1, -0.05) is 0 Å². The number of amides is 1. The highest BCUT2D eigenvalue weighted by atomic mass is 16.6. The summed E-state index contributed by atoms with van der Waals surface area (Å²) in [7, 11) is 3.70. The molecule has 0 spiro atoms. The van der Waals surface area contributed by atoms with E-state index in [9.17, 15) is 4.79 Å². The molecule has 0 saturated heterocycles. The Balaban J connectivity index is 2.19. The van der Waals surface area contributed by atoms with Crippen molar-refractivity contribution in [1.29, 1.82) is 0 Å². The van der Waals surface area contributed by atoms with Crippen LogP contribution in [0.15, 0.2) is 6.20 Å². The number of carbonyl (C=O) groups is 1. The number of aryl methyl sites for hydroxylation is 1. The Kier molecular flexibility index (Phi) is 6.20. The lowest BCUT2D eigenvalue weighted by atomic mass is 10.2. The van der Waals surface area contributed by atoms with E-state index in [0.717, 1.165) is 19.5 Å². The van der Waals surface area contributed by atoms with Gasteiger partial charge in [0.05, 0.1) is 6.20 Å². The molecular formula is C15H28N4O2. The molecule has 0 atom stereocenters. The monoisotopic (exact) mass is 296 g/mol. The Morgan fingerprint density at radius 1 is 1.48 bits per heavy atom. The largest absolute Gasteiger partial charge is 0.444 e. The molecule has 120 valence electrons. The van der Waals surface area contributed by atoms with Crippen LogP contribution in [-0.2, 0) is 18.3 Å². The third-order valence-corrected chi connectivity index (χ3v) is 3.20. The predicted molar refractivity (Wildman–Crippen MR) is 83.1 cm³/mol. The molecule has 1 heterocycles. The first-order valence-electron chi connectivity index (χ1n) is 7.33. The van der Waals surface area contributed by atoms with Gasteiger partial charge in [-0.15, -0.1) is 0 Å². The van der Waals surface area contributed by atoms with Crippen LogP contribution in [0.1, 0.15) is 38.4 Å². The number of aromatic nitrogens is 2. The van der Waals surface area contributed by atoms with Crippen molar-refractivity contribution in [1.82, 2.24) is 20.0 Å². The van der Waals surface area contributed by atoms with Gasteiger partial charge in [0.15, 0.2) is 0 Å². The summed E-state index contributed by atoms with van der Waals surface area (Å²) >= 11 is 0. The third kappa shape index (κ3) is 6.16. The summed E-state index contributed by atoms with van der Waals surface area (Å²) in [5, 5.41) is 7.57. The van der Waals surface area contributed by atoms with E-state index in [2.05, 4.69) is 17.3 Å². The maximum absolute atomic E-state index is 11.8. The lowest BCUT2D eigenvalue weighted by Crippen LogP contribution is -2.35. The van der Waals surface area contributed by atoms with Crippen molar-refractivity contribution in [2.75, 3.05) is 20.1 Å². The Morgan fingerprint density at radius 2 is 2.14 bits per heavy atom. The topological polar surface area (TPSA) is 59.4 Å². The van der Waals surface area contributed by atoms with Crippen molar-refractivity contribution >= 4 is 6.09 Å². The second kappa shape index (κ2) is 7.45. The van der Waals surface area contributed by atoms with E-state index in [-0.39, 0.29) is 6.09 Å². The summed E-state index contributed by atoms with van der Waals surface area (Å²) in [4.78, 5) is 13.4. The molecular weight excluding hydrogens is 268 g/mol. The molecule has 0 bridgehead atoms. The highest BCUT2D eigenvalue weighted by Crippen LogP contribution is 2.09. The van der Waals surface area contributed by atoms with E-state index in [4.69, 9.17) is 4.74 Å². The van der Waals surface area contributed by atoms with Crippen LogP contribution >= 0.6 is 0 Å². The van der Waals surface area contributed by atoms with Gasteiger partial charge >= 0.3 is 6.09 Å². The molecule has 1 rings (SSSR count). The minimum Gasteiger partial charge on any atom is -0.444 e. The molecule has 0 radical (unpaired) electrons. The van der Waals surface area contributed by atoms with Crippen LogP contribution < -0.4 is 5.32 Å². The Labute approximate surface area is 127 Å². The van der Waals surface area contributed by atoms with Crippen molar-refractivity contribution < 1.29 is 9.53 Å². The van der Waals surface area contributed by atoms with Gasteiger partial charge in [-0.3, -0.25) is 4.68 Å². The zero-order valence-corrected chi connectivity index (χ0v) is 14.1. The second-order valence-electron chi connectivity index (χ2n) is 6.31. The summed E-state index contributed by atoms with van der Waals surface area (Å²) in [6.45, 7) is 10.00. The van der Waals surface area contributed by atoms with Crippen LogP contribution in [0.4, 0.5) is 4.79 Å². The molecule has 0 aliphatic heterocycles. The second-order valence-corrected chi connectivity index (χ2v) is 6.31. The summed E-state index contributed by atoms with van der Waals surface area (Å²) < 4.78 is 7.17. The van der Waals surface area contributed by atoms with Crippen LogP contribution in [0.25, 0.3) is 0 Å². The molecule has 1 aromatic rings. The summed E-state index contributed by atoms with van der Waals surface area (Å²) in [6, 6.07) is 0. The number of rotatable bonds is 6. The molecule has 1 N–H and O–H groups in total. The number of carbonyl (C=O) groups excluding carboxylic acids is 1. The first-order chi connectivity index (χ1) is 9.70. The molecule has 6 nitrogen and oxygen atoms in total. The van der Waals surface area contributed by atoms with Crippen molar-refractivity contribution in [3.8, 4) is 0 Å². The van der Waals surface area contributed by atoms with Crippen LogP contribution in [0.3, 0.4) is 0 Å². The molecule has 21 heavy (non-hydrogen) atoms. The van der Waals surface area contributed by atoms with Gasteiger partial charge in [-0.05, 0) is 40.7 Å². The average molecular weight is 296 g/mol. The van der Waals surface area contributed by atoms with Crippen LogP contribution in [0.2, 0.25) is 0 Å². The van der Waals surface area contributed by atoms with Gasteiger partial charge in [-0.25, -0.2) is 4.79 Å². The summed E-state index contributed by atoms with van der Waals surface area (Å²) in [5.41, 5.74) is 1.94. The van der Waals surface area contributed by atoms with E-state index in [1.807, 2.05) is 38.7 Å². The van der Waals surface area contributed by atoms with Crippen molar-refractivity contribution in [3.63, 3.8) is 0 Å². The summed E-state index contributed by atoms with van der Waals surface area (Å²) in [5.74, 6) is 0. The zero-order chi connectivity index (χ0) is 16.0. The lowest BCUT2D eigenvalue weighted by molar-refractivity contribution is 0.0297. The zero-order valence-electron chi connectivity index (χ0n) is 14.1. The maximum atomic E-state index is 11.8. The van der Waals surface area contributed by atoms with Crippen molar-refractivity contribution in [3.05, 3.63) is 17.5 Å². The third-order valence-electron chi connectivity index (χ3n) is 3.20. The smallest absolute Gasteiger partial charge is 0.410 e. The fourth-order valence-electron chi connectivity index (χ4n) is 1.81. The van der Waals surface area contributed by atoms with Gasteiger partial charge in [0.1, 0.15) is 5.60 Å². The average Bonchev–Trinajstić information content (AvgIpc) is 2.67. The molecule has 0 fully saturated rings. The van der Waals surface area contributed by atoms with Crippen molar-refractivity contribution in [2.45, 2.75) is 46.3 Å². The normalized spacial score (nSPS) is 11.5. The highest BCUT2D eigenvalue weighted by Gasteiger charge is 2.18. The Bertz CT molecular complexity index is 463. The molecule has 0 aromatic carbocycles. The molecule has 0 aliphatic carbocycles. The Hall–Kier alpha value is -1.56. The van der Waals surface area contributed by atoms with Crippen molar-refractivity contribution in [2.24, 2.45) is 7.05 Å². The molecule has 6 heteroatoms. The van der Waals surface area contributed by atoms with Gasteiger partial charge in [-0.2, -0.15) is 5.10 Å². The predicted octanol–water partition coefficient (Wildman–Crippen LogP) is 2.08. The fraction of sp³-hybridized carbons (Fsp3) is 0.733. The standard InChI is InChI=1S/C15H28N4O2/c1-12-13(11-17-19(12)6)10-16-8-7-9-18(5)14(20)21-15(2,3)4/h11,16H,7-10H2,1-6H3. The molecule has 1 aromatic heterocycles. The number of hydrogen-bond acceptors (Lipinski definition) is 4.